The highest BCUT2D eigenvalue weighted by molar-refractivity contribution is 5.62. The van der Waals surface area contributed by atoms with Crippen molar-refractivity contribution in [1.82, 2.24) is 15.3 Å². The van der Waals surface area contributed by atoms with E-state index < -0.39 is 11.6 Å². The van der Waals surface area contributed by atoms with E-state index in [1.165, 1.54) is 18.5 Å². The van der Waals surface area contributed by atoms with Crippen molar-refractivity contribution in [3.8, 4) is 5.88 Å². The van der Waals surface area contributed by atoms with Crippen LogP contribution in [0.1, 0.15) is 0 Å². The Hall–Kier alpha value is -2.83. The molecule has 2 fully saturated rings. The number of hydrogen-bond acceptors (Lipinski definition) is 6. The molecule has 3 heterocycles. The van der Waals surface area contributed by atoms with Gasteiger partial charge in [-0.25, -0.2) is 14.2 Å². The summed E-state index contributed by atoms with van der Waals surface area (Å²) < 4.78 is 40.3. The normalized spacial score (nSPS) is 24.1. The molecule has 0 radical (unpaired) electrons. The van der Waals surface area contributed by atoms with Crippen molar-refractivity contribution in [3.05, 3.63) is 47.6 Å². The summed E-state index contributed by atoms with van der Waals surface area (Å²) in [6.45, 7) is 9.46. The molecule has 2 atom stereocenters. The number of rotatable bonds is 4. The first-order valence-corrected chi connectivity index (χ1v) is 8.55. The maximum atomic E-state index is 14.8. The molecule has 0 saturated carbocycles. The Morgan fingerprint density at radius 3 is 2.70 bits per heavy atom. The summed E-state index contributed by atoms with van der Waals surface area (Å²) in [6.07, 6.45) is 0.964. The first-order chi connectivity index (χ1) is 13.2. The summed E-state index contributed by atoms with van der Waals surface area (Å²) in [6, 6.07) is 3.87. The Bertz CT molecular complexity index is 867. The van der Waals surface area contributed by atoms with Crippen LogP contribution >= 0.6 is 0 Å². The monoisotopic (exact) mass is 373 g/mol. The molecule has 0 amide bonds. The van der Waals surface area contributed by atoms with Crippen LogP contribution < -0.4 is 15.4 Å². The van der Waals surface area contributed by atoms with Crippen LogP contribution in [0.5, 0.6) is 5.88 Å². The number of ether oxygens (including phenoxy) is 2. The maximum Gasteiger partial charge on any atom is 0.256 e. The van der Waals surface area contributed by atoms with Gasteiger partial charge in [0.1, 0.15) is 18.2 Å². The first kappa shape index (κ1) is 17.6. The molecule has 0 spiro atoms. The topological polar surface area (TPSA) is 72.7 Å². The predicted molar refractivity (Wildman–Crippen MR) is 93.0 cm³/mol. The average molecular weight is 373 g/mol. The van der Waals surface area contributed by atoms with E-state index >= 15 is 0 Å². The van der Waals surface area contributed by atoms with Crippen molar-refractivity contribution in [1.29, 1.82) is 0 Å². The summed E-state index contributed by atoms with van der Waals surface area (Å²) >= 11 is 0. The van der Waals surface area contributed by atoms with Crippen LogP contribution in [0.25, 0.3) is 4.85 Å². The molecule has 1 aromatic heterocycles. The molecular weight excluding hydrogens is 356 g/mol. The number of aromatic nitrogens is 2. The van der Waals surface area contributed by atoms with E-state index in [4.69, 9.17) is 16.0 Å². The smallest absolute Gasteiger partial charge is 0.256 e. The summed E-state index contributed by atoms with van der Waals surface area (Å²) in [5, 5.41) is 5.91. The van der Waals surface area contributed by atoms with Gasteiger partial charge in [0.15, 0.2) is 11.5 Å². The van der Waals surface area contributed by atoms with Gasteiger partial charge in [0.05, 0.1) is 25.5 Å². The van der Waals surface area contributed by atoms with Crippen molar-refractivity contribution in [2.24, 2.45) is 11.8 Å². The predicted octanol–water partition coefficient (Wildman–Crippen LogP) is 2.66. The number of nitrogens with zero attached hydrogens (tertiary/aromatic N) is 3. The number of benzene rings is 1. The van der Waals surface area contributed by atoms with Crippen LogP contribution in [0, 0.1) is 30.0 Å². The number of hydrogen-bond donors (Lipinski definition) is 2. The van der Waals surface area contributed by atoms with Crippen LogP contribution in [0.4, 0.5) is 26.0 Å². The van der Waals surface area contributed by atoms with Crippen LogP contribution in [0.3, 0.4) is 0 Å². The lowest BCUT2D eigenvalue weighted by molar-refractivity contribution is -0.0845. The van der Waals surface area contributed by atoms with Gasteiger partial charge in [-0.2, -0.15) is 9.37 Å². The second kappa shape index (κ2) is 7.42. The Labute approximate surface area is 154 Å². The zero-order valence-electron chi connectivity index (χ0n) is 14.3. The van der Waals surface area contributed by atoms with E-state index in [-0.39, 0.29) is 41.0 Å². The van der Waals surface area contributed by atoms with Crippen LogP contribution in [-0.4, -0.2) is 42.4 Å². The van der Waals surface area contributed by atoms with Crippen LogP contribution in [0.15, 0.2) is 24.5 Å². The molecule has 4 rings (SSSR count). The zero-order chi connectivity index (χ0) is 18.8. The Morgan fingerprint density at radius 2 is 2.00 bits per heavy atom. The fraction of sp³-hybridized carbons (Fsp3) is 0.389. The van der Waals surface area contributed by atoms with E-state index in [0.29, 0.717) is 13.2 Å². The lowest BCUT2D eigenvalue weighted by Crippen LogP contribution is -2.56. The van der Waals surface area contributed by atoms with Gasteiger partial charge in [-0.3, -0.25) is 0 Å². The van der Waals surface area contributed by atoms with E-state index in [9.17, 15) is 8.78 Å². The Morgan fingerprint density at radius 1 is 1.22 bits per heavy atom. The number of anilines is 2. The molecule has 7 nitrogen and oxygen atoms in total. The molecule has 2 saturated heterocycles. The van der Waals surface area contributed by atoms with E-state index in [2.05, 4.69) is 25.4 Å². The van der Waals surface area contributed by atoms with Crippen LogP contribution in [-0.2, 0) is 4.74 Å². The molecule has 2 bridgehead atoms. The lowest BCUT2D eigenvalue weighted by atomic mass is 9.86. The Balaban J connectivity index is 1.55. The molecule has 2 unspecified atom stereocenters. The van der Waals surface area contributed by atoms with Gasteiger partial charge in [0.2, 0.25) is 5.82 Å². The number of piperidine rings is 1. The second-order valence-corrected chi connectivity index (χ2v) is 6.54. The molecule has 140 valence electrons. The minimum absolute atomic E-state index is 0.0121. The molecule has 0 aliphatic carbocycles. The second-order valence-electron chi connectivity index (χ2n) is 6.54. The first-order valence-electron chi connectivity index (χ1n) is 8.55. The molecule has 2 aliphatic rings. The fourth-order valence-corrected chi connectivity index (χ4v) is 3.40. The SMILES string of the molecule is [C-]#[N+]c1ccc(Nc2ncnc(OC3C4CNCC3COC4)c2F)c(F)c1. The zero-order valence-corrected chi connectivity index (χ0v) is 14.3. The summed E-state index contributed by atoms with van der Waals surface area (Å²) in [5.41, 5.74) is 0.169. The molecular formula is C18H17F2N5O2. The molecule has 1 aromatic carbocycles. The average Bonchev–Trinajstić information content (AvgIpc) is 2.66. The Kier molecular flexibility index (Phi) is 4.83. The fourth-order valence-electron chi connectivity index (χ4n) is 3.40. The lowest BCUT2D eigenvalue weighted by Gasteiger charge is -2.41. The van der Waals surface area contributed by atoms with Crippen molar-refractivity contribution >= 4 is 17.2 Å². The summed E-state index contributed by atoms with van der Waals surface area (Å²) in [4.78, 5) is 10.9. The van der Waals surface area contributed by atoms with Gasteiger partial charge in [-0.15, -0.1) is 0 Å². The van der Waals surface area contributed by atoms with Gasteiger partial charge in [0, 0.05) is 24.9 Å². The van der Waals surface area contributed by atoms with Gasteiger partial charge in [-0.05, 0) is 12.1 Å². The van der Waals surface area contributed by atoms with Crippen molar-refractivity contribution < 1.29 is 18.3 Å². The quantitative estimate of drug-likeness (QED) is 0.803. The largest absolute Gasteiger partial charge is 0.471 e. The maximum absolute atomic E-state index is 14.8. The third kappa shape index (κ3) is 3.54. The molecule has 9 heteroatoms. The van der Waals surface area contributed by atoms with E-state index in [1.54, 1.807) is 0 Å². The number of fused-ring (bicyclic) bond motifs is 2. The highest BCUT2D eigenvalue weighted by atomic mass is 19.1. The van der Waals surface area contributed by atoms with Crippen molar-refractivity contribution in [2.75, 3.05) is 31.6 Å². The highest BCUT2D eigenvalue weighted by Gasteiger charge is 2.39. The van der Waals surface area contributed by atoms with Crippen LogP contribution in [0.2, 0.25) is 0 Å². The van der Waals surface area contributed by atoms with E-state index in [1.807, 2.05) is 0 Å². The molecule has 27 heavy (non-hydrogen) atoms. The summed E-state index contributed by atoms with van der Waals surface area (Å²) in [5.74, 6) is -1.60. The van der Waals surface area contributed by atoms with Gasteiger partial charge < -0.3 is 20.1 Å². The van der Waals surface area contributed by atoms with Gasteiger partial charge in [-0.1, -0.05) is 6.07 Å². The molecule has 2 aliphatic heterocycles. The highest BCUT2D eigenvalue weighted by Crippen LogP contribution is 2.31. The number of halogens is 2. The third-order valence-electron chi connectivity index (χ3n) is 4.75. The summed E-state index contributed by atoms with van der Waals surface area (Å²) in [7, 11) is 0. The van der Waals surface area contributed by atoms with Crippen molar-refractivity contribution in [2.45, 2.75) is 6.10 Å². The molecule has 2 N–H and O–H groups in total. The molecule has 2 aromatic rings. The van der Waals surface area contributed by atoms with E-state index in [0.717, 1.165) is 19.2 Å². The minimum atomic E-state index is -0.788. The third-order valence-corrected chi connectivity index (χ3v) is 4.75. The van der Waals surface area contributed by atoms with Gasteiger partial charge in [0.25, 0.3) is 5.88 Å². The van der Waals surface area contributed by atoms with Gasteiger partial charge >= 0.3 is 0 Å². The van der Waals surface area contributed by atoms with Crippen molar-refractivity contribution in [3.63, 3.8) is 0 Å². The standard InChI is InChI=1S/C18H17F2N5O2/c1-21-12-2-3-14(13(19)4-12)25-17-15(20)18(24-9-23-17)27-16-10-5-22-6-11(16)8-26-7-10/h2-4,9-11,16,22H,5-8H2,(H,23,24,25). The number of nitrogens with one attached hydrogen (secondary N) is 2. The minimum Gasteiger partial charge on any atom is -0.471 e.